The van der Waals surface area contributed by atoms with Gasteiger partial charge in [-0.1, -0.05) is 13.8 Å². The van der Waals surface area contributed by atoms with E-state index in [1.54, 1.807) is 0 Å². The molecule has 0 fully saturated rings. The number of hydrogen-bond acceptors (Lipinski definition) is 1. The third-order valence-corrected chi connectivity index (χ3v) is 1.80. The van der Waals surface area contributed by atoms with Crippen molar-refractivity contribution in [2.45, 2.75) is 20.3 Å². The van der Waals surface area contributed by atoms with Gasteiger partial charge >= 0.3 is 21.7 Å². The van der Waals surface area contributed by atoms with Crippen LogP contribution in [-0.2, 0) is 21.7 Å². The first-order valence-corrected chi connectivity index (χ1v) is 4.58. The van der Waals surface area contributed by atoms with Crippen LogP contribution in [0.15, 0.2) is 18.2 Å². The van der Waals surface area contributed by atoms with Crippen LogP contribution in [0.4, 0.5) is 0 Å². The molecule has 0 aliphatic heterocycles. The average Bonchev–Trinajstić information content (AvgIpc) is 2.64. The van der Waals surface area contributed by atoms with Crippen molar-refractivity contribution in [1.82, 2.24) is 4.90 Å². The Labute approximate surface area is 167 Å². The second-order valence-electron chi connectivity index (χ2n) is 2.53. The standard InChI is InChI=1S/C6H14N.C5H5.3HI.Ti/c1-4-7(5-2)6-3;1-2-4-5-3-1;;;;/h1,4-6H2,2-3H3;1-3H,4H2;3*1H;/q2*-1;;;;+3/p-3. The minimum atomic E-state index is 0. The Morgan fingerprint density at radius 3 is 1.75 bits per heavy atom. The molecule has 1 aliphatic carbocycles. The van der Waals surface area contributed by atoms with Gasteiger partial charge in [-0.2, -0.15) is 6.08 Å². The molecule has 0 bridgehead atoms. The minimum absolute atomic E-state index is 0. The molecule has 0 atom stereocenters. The maximum atomic E-state index is 3.75. The molecule has 0 aromatic rings. The first kappa shape index (κ1) is 31.0. The van der Waals surface area contributed by atoms with Crippen molar-refractivity contribution in [3.05, 3.63) is 31.2 Å². The molecule has 0 saturated heterocycles. The summed E-state index contributed by atoms with van der Waals surface area (Å²) in [6, 6.07) is 0. The summed E-state index contributed by atoms with van der Waals surface area (Å²) in [4.78, 5) is 2.26. The van der Waals surface area contributed by atoms with Gasteiger partial charge in [0.25, 0.3) is 0 Å². The van der Waals surface area contributed by atoms with Crippen LogP contribution >= 0.6 is 0 Å². The molecule has 0 amide bonds. The first-order valence-electron chi connectivity index (χ1n) is 4.58. The van der Waals surface area contributed by atoms with Crippen molar-refractivity contribution >= 4 is 0 Å². The van der Waals surface area contributed by atoms with Crippen molar-refractivity contribution in [2.75, 3.05) is 19.6 Å². The molecule has 0 N–H and O–H groups in total. The molecule has 0 spiro atoms. The minimum Gasteiger partial charge on any atom is -1.00 e. The van der Waals surface area contributed by atoms with Crippen LogP contribution in [-0.4, -0.2) is 24.5 Å². The summed E-state index contributed by atoms with van der Waals surface area (Å²) in [5, 5.41) is 0. The van der Waals surface area contributed by atoms with Crippen LogP contribution < -0.4 is 71.9 Å². The van der Waals surface area contributed by atoms with E-state index in [0.717, 1.165) is 26.1 Å². The van der Waals surface area contributed by atoms with Crippen LogP contribution in [0.1, 0.15) is 20.3 Å². The molecule has 1 rings (SSSR count). The molecule has 0 unspecified atom stereocenters. The van der Waals surface area contributed by atoms with Crippen LogP contribution in [0.5, 0.6) is 0 Å². The molecule has 1 nitrogen and oxygen atoms in total. The fourth-order valence-corrected chi connectivity index (χ4v) is 0.880. The Balaban J connectivity index is -0.0000000411. The summed E-state index contributed by atoms with van der Waals surface area (Å²) >= 11 is 0. The van der Waals surface area contributed by atoms with Crippen molar-refractivity contribution in [3.8, 4) is 0 Å². The number of allylic oxidation sites excluding steroid dienone is 4. The van der Waals surface area contributed by atoms with E-state index < -0.39 is 0 Å². The molecular weight excluding hydrogens is 575 g/mol. The van der Waals surface area contributed by atoms with Crippen LogP contribution in [0.2, 0.25) is 0 Å². The molecule has 5 heteroatoms. The van der Waals surface area contributed by atoms with Crippen LogP contribution in [0.25, 0.3) is 0 Å². The monoisotopic (exact) mass is 594 g/mol. The summed E-state index contributed by atoms with van der Waals surface area (Å²) in [6.45, 7) is 11.2. The quantitative estimate of drug-likeness (QED) is 0.179. The fourth-order valence-electron chi connectivity index (χ4n) is 0.880. The van der Waals surface area contributed by atoms with E-state index in [4.69, 9.17) is 0 Å². The van der Waals surface area contributed by atoms with Gasteiger partial charge in [-0.25, -0.2) is 12.2 Å². The van der Waals surface area contributed by atoms with Gasteiger partial charge in [0.15, 0.2) is 0 Å². The van der Waals surface area contributed by atoms with Crippen molar-refractivity contribution in [3.63, 3.8) is 0 Å². The first-order chi connectivity index (χ1) is 5.85. The smallest absolute Gasteiger partial charge is 1.00 e. The summed E-state index contributed by atoms with van der Waals surface area (Å²) in [7, 11) is 0. The zero-order chi connectivity index (χ0) is 9.23. The van der Waals surface area contributed by atoms with Crippen molar-refractivity contribution in [1.29, 1.82) is 0 Å². The maximum Gasteiger partial charge on any atom is 3.00 e. The van der Waals surface area contributed by atoms with Gasteiger partial charge in [-0.3, -0.25) is 6.08 Å². The van der Waals surface area contributed by atoms with Gasteiger partial charge in [0.05, 0.1) is 0 Å². The van der Waals surface area contributed by atoms with Gasteiger partial charge in [-0.05, 0) is 13.1 Å². The van der Waals surface area contributed by atoms with Gasteiger partial charge in [0.1, 0.15) is 0 Å². The van der Waals surface area contributed by atoms with Gasteiger partial charge < -0.3 is 83.8 Å². The number of rotatable bonds is 3. The number of hydrogen-bond donors (Lipinski definition) is 0. The third-order valence-electron chi connectivity index (χ3n) is 1.80. The summed E-state index contributed by atoms with van der Waals surface area (Å²) in [6.07, 6.45) is 10.0. The summed E-state index contributed by atoms with van der Waals surface area (Å²) in [5.41, 5.74) is 0. The van der Waals surface area contributed by atoms with Crippen LogP contribution in [0.3, 0.4) is 0 Å². The van der Waals surface area contributed by atoms with E-state index in [0.29, 0.717) is 0 Å². The molecule has 1 aliphatic rings. The fraction of sp³-hybridized carbons (Fsp3) is 0.545. The number of halogens is 3. The molecule has 0 heterocycles. The zero-order valence-corrected chi connectivity index (χ0v) is 17.9. The SMILES string of the molecule is [C-]1=CC=CC1.[CH2-]CN(CC)CC.[I-].[I-].[I-].[Ti+3]. The Morgan fingerprint density at radius 1 is 1.19 bits per heavy atom. The van der Waals surface area contributed by atoms with Gasteiger partial charge in [-0.15, -0.1) is 13.0 Å². The van der Waals surface area contributed by atoms with E-state index in [1.165, 1.54) is 0 Å². The predicted molar refractivity (Wildman–Crippen MR) is 54.7 cm³/mol. The van der Waals surface area contributed by atoms with E-state index in [9.17, 15) is 0 Å². The summed E-state index contributed by atoms with van der Waals surface area (Å²) < 4.78 is 0. The second kappa shape index (κ2) is 26.0. The van der Waals surface area contributed by atoms with E-state index >= 15 is 0 Å². The third kappa shape index (κ3) is 21.6. The zero-order valence-electron chi connectivity index (χ0n) is 9.85. The van der Waals surface area contributed by atoms with Gasteiger partial charge in [0.2, 0.25) is 0 Å². The molecule has 1 radical (unpaired) electrons. The molecule has 95 valence electrons. The Bertz CT molecular complexity index is 133. The van der Waals surface area contributed by atoms with E-state index in [2.05, 4.69) is 37.8 Å². The van der Waals surface area contributed by atoms with Crippen molar-refractivity contribution in [2.24, 2.45) is 0 Å². The second-order valence-corrected chi connectivity index (χ2v) is 2.53. The van der Waals surface area contributed by atoms with E-state index in [-0.39, 0.29) is 93.6 Å². The maximum absolute atomic E-state index is 3.75. The molecule has 16 heavy (non-hydrogen) atoms. The predicted octanol–water partition coefficient (Wildman–Crippen LogP) is -6.52. The molecule has 0 aromatic heterocycles. The van der Waals surface area contributed by atoms with Crippen molar-refractivity contribution < 1.29 is 93.6 Å². The Hall–Kier alpha value is 2.34. The molecule has 0 aromatic carbocycles. The topological polar surface area (TPSA) is 3.24 Å². The van der Waals surface area contributed by atoms with Gasteiger partial charge in [0, 0.05) is 0 Å². The average molecular weight is 594 g/mol. The Morgan fingerprint density at radius 2 is 1.69 bits per heavy atom. The normalized spacial score (nSPS) is 10.0. The molecule has 0 saturated carbocycles. The summed E-state index contributed by atoms with van der Waals surface area (Å²) in [5.74, 6) is 0. The molecular formula is C11H19I3NTi-2. The number of nitrogens with zero attached hydrogens (tertiary/aromatic N) is 1. The van der Waals surface area contributed by atoms with E-state index in [1.807, 2.05) is 12.2 Å². The Kier molecular flexibility index (Phi) is 50.4. The van der Waals surface area contributed by atoms with Crippen LogP contribution in [0, 0.1) is 13.0 Å². The largest absolute Gasteiger partial charge is 3.00 e.